The van der Waals surface area contributed by atoms with E-state index in [-0.39, 0.29) is 24.3 Å². The Labute approximate surface area is 283 Å². The second-order valence-corrected chi connectivity index (χ2v) is 11.6. The van der Waals surface area contributed by atoms with Crippen molar-refractivity contribution in [1.29, 1.82) is 0 Å². The van der Waals surface area contributed by atoms with E-state index in [0.717, 1.165) is 24.0 Å². The highest BCUT2D eigenvalue weighted by Gasteiger charge is 2.64. The molecule has 0 saturated heterocycles. The van der Waals surface area contributed by atoms with Crippen molar-refractivity contribution in [2.45, 2.75) is 62.9 Å². The van der Waals surface area contributed by atoms with E-state index in [9.17, 15) is 19.8 Å². The molecule has 4 rings (SSSR count). The molecule has 0 fully saturated rings. The molecule has 0 saturated carbocycles. The third-order valence-corrected chi connectivity index (χ3v) is 8.05. The summed E-state index contributed by atoms with van der Waals surface area (Å²) in [6.07, 6.45) is 3.96. The first kappa shape index (κ1) is 36.5. The van der Waals surface area contributed by atoms with Gasteiger partial charge in [0.25, 0.3) is 0 Å². The fourth-order valence-electron chi connectivity index (χ4n) is 5.34. The van der Waals surface area contributed by atoms with Crippen molar-refractivity contribution < 1.29 is 38.7 Å². The predicted octanol–water partition coefficient (Wildman–Crippen LogP) is 6.62. The number of rotatable bonds is 21. The molecule has 0 aromatic heterocycles. The van der Waals surface area contributed by atoms with Crippen LogP contribution in [-0.2, 0) is 53.0 Å². The standard InChI is InChI=1S/C40H46O8/c41-37(47-29-17-5-15-27-45-31-33-19-7-1-8-20-33)39(43,35-23-11-3-12-24-35)40(44,36-25-13-4-14-26-36)38(42)48-30-18-6-16-28-46-32-34-21-9-2-10-22-34/h1-4,7-14,19-26,43-44H,5-6,15-18,27-32H2. The number of ether oxygens (including phenoxy) is 4. The Kier molecular flexibility index (Phi) is 14.8. The van der Waals surface area contributed by atoms with E-state index >= 15 is 0 Å². The molecule has 2 unspecified atom stereocenters. The summed E-state index contributed by atoms with van der Waals surface area (Å²) in [6, 6.07) is 35.6. The topological polar surface area (TPSA) is 112 Å². The molecule has 0 spiro atoms. The van der Waals surface area contributed by atoms with E-state index in [1.807, 2.05) is 60.7 Å². The van der Waals surface area contributed by atoms with Gasteiger partial charge in [0.15, 0.2) is 0 Å². The Morgan fingerprint density at radius 2 is 0.750 bits per heavy atom. The van der Waals surface area contributed by atoms with Gasteiger partial charge in [0.2, 0.25) is 11.2 Å². The van der Waals surface area contributed by atoms with Crippen LogP contribution in [0.1, 0.15) is 60.8 Å². The minimum Gasteiger partial charge on any atom is -0.463 e. The molecular weight excluding hydrogens is 608 g/mol. The van der Waals surface area contributed by atoms with Crippen LogP contribution in [0.3, 0.4) is 0 Å². The molecule has 0 bridgehead atoms. The number of aliphatic hydroxyl groups is 2. The van der Waals surface area contributed by atoms with Gasteiger partial charge in [-0.1, -0.05) is 121 Å². The van der Waals surface area contributed by atoms with Gasteiger partial charge in [0.1, 0.15) is 0 Å². The number of benzene rings is 4. The highest BCUT2D eigenvalue weighted by molar-refractivity contribution is 5.94. The summed E-state index contributed by atoms with van der Waals surface area (Å²) in [6.45, 7) is 2.13. The number of esters is 2. The van der Waals surface area contributed by atoms with E-state index in [4.69, 9.17) is 18.9 Å². The van der Waals surface area contributed by atoms with Gasteiger partial charge in [-0.2, -0.15) is 0 Å². The molecule has 0 amide bonds. The average molecular weight is 655 g/mol. The minimum absolute atomic E-state index is 0.00294. The van der Waals surface area contributed by atoms with Gasteiger partial charge in [-0.15, -0.1) is 0 Å². The molecular formula is C40H46O8. The van der Waals surface area contributed by atoms with Gasteiger partial charge < -0.3 is 29.2 Å². The van der Waals surface area contributed by atoms with Crippen molar-refractivity contribution >= 4 is 11.9 Å². The first-order valence-corrected chi connectivity index (χ1v) is 16.6. The molecule has 2 N–H and O–H groups in total. The molecule has 0 radical (unpaired) electrons. The highest BCUT2D eigenvalue weighted by Crippen LogP contribution is 2.43. The molecule has 0 aliphatic heterocycles. The van der Waals surface area contributed by atoms with E-state index in [0.29, 0.717) is 52.1 Å². The van der Waals surface area contributed by atoms with Crippen LogP contribution < -0.4 is 0 Å². The van der Waals surface area contributed by atoms with Gasteiger partial charge in [-0.25, -0.2) is 9.59 Å². The first-order chi connectivity index (χ1) is 23.5. The first-order valence-electron chi connectivity index (χ1n) is 16.6. The monoisotopic (exact) mass is 654 g/mol. The van der Waals surface area contributed by atoms with Crippen LogP contribution in [0.2, 0.25) is 0 Å². The van der Waals surface area contributed by atoms with Gasteiger partial charge in [-0.3, -0.25) is 0 Å². The van der Waals surface area contributed by atoms with Gasteiger partial charge in [0, 0.05) is 13.2 Å². The number of carbonyl (C=O) groups is 2. The van der Waals surface area contributed by atoms with Gasteiger partial charge in [0.05, 0.1) is 26.4 Å². The van der Waals surface area contributed by atoms with Crippen LogP contribution in [0.5, 0.6) is 0 Å². The highest BCUT2D eigenvalue weighted by atomic mass is 16.6. The fourth-order valence-corrected chi connectivity index (χ4v) is 5.34. The lowest BCUT2D eigenvalue weighted by Crippen LogP contribution is -2.60. The number of hydrogen-bond acceptors (Lipinski definition) is 8. The summed E-state index contributed by atoms with van der Waals surface area (Å²) < 4.78 is 22.6. The van der Waals surface area contributed by atoms with Gasteiger partial charge in [-0.05, 0) is 60.8 Å². The number of unbranched alkanes of at least 4 members (excludes halogenated alkanes) is 4. The second kappa shape index (κ2) is 19.5. The average Bonchev–Trinajstić information content (AvgIpc) is 3.14. The molecule has 4 aromatic carbocycles. The third kappa shape index (κ3) is 10.1. The fraction of sp³-hybridized carbons (Fsp3) is 0.350. The maximum Gasteiger partial charge on any atom is 0.347 e. The molecule has 48 heavy (non-hydrogen) atoms. The zero-order valence-corrected chi connectivity index (χ0v) is 27.4. The third-order valence-electron chi connectivity index (χ3n) is 8.05. The smallest absolute Gasteiger partial charge is 0.347 e. The number of carbonyl (C=O) groups excluding carboxylic acids is 2. The summed E-state index contributed by atoms with van der Waals surface area (Å²) in [7, 11) is 0. The van der Waals surface area contributed by atoms with E-state index < -0.39 is 23.1 Å². The minimum atomic E-state index is -2.79. The lowest BCUT2D eigenvalue weighted by Gasteiger charge is -2.40. The van der Waals surface area contributed by atoms with Crippen molar-refractivity contribution in [2.75, 3.05) is 26.4 Å². The van der Waals surface area contributed by atoms with Crippen molar-refractivity contribution in [2.24, 2.45) is 0 Å². The van der Waals surface area contributed by atoms with E-state index in [1.54, 1.807) is 36.4 Å². The predicted molar refractivity (Wildman–Crippen MR) is 182 cm³/mol. The lowest BCUT2D eigenvalue weighted by molar-refractivity contribution is -0.220. The molecule has 254 valence electrons. The van der Waals surface area contributed by atoms with E-state index in [1.165, 1.54) is 24.3 Å². The van der Waals surface area contributed by atoms with Crippen molar-refractivity contribution in [3.63, 3.8) is 0 Å². The largest absolute Gasteiger partial charge is 0.463 e. The van der Waals surface area contributed by atoms with Crippen LogP contribution in [0, 0.1) is 0 Å². The Bertz CT molecular complexity index is 1370. The van der Waals surface area contributed by atoms with Crippen LogP contribution in [-0.4, -0.2) is 48.6 Å². The van der Waals surface area contributed by atoms with Crippen LogP contribution in [0.25, 0.3) is 0 Å². The van der Waals surface area contributed by atoms with Gasteiger partial charge >= 0.3 is 11.9 Å². The Morgan fingerprint density at radius 1 is 0.438 bits per heavy atom. The quantitative estimate of drug-likeness (QED) is 0.0762. The summed E-state index contributed by atoms with van der Waals surface area (Å²) in [5.41, 5.74) is -3.39. The Balaban J connectivity index is 1.34. The SMILES string of the molecule is O=C(OCCCCCOCc1ccccc1)C(O)(c1ccccc1)C(O)(C(=O)OCCCCCOCc1ccccc1)c1ccccc1. The summed E-state index contributed by atoms with van der Waals surface area (Å²) in [4.78, 5) is 27.6. The molecule has 8 heteroatoms. The molecule has 8 nitrogen and oxygen atoms in total. The zero-order valence-electron chi connectivity index (χ0n) is 27.4. The van der Waals surface area contributed by atoms with Crippen LogP contribution in [0.15, 0.2) is 121 Å². The number of hydrogen-bond donors (Lipinski definition) is 2. The van der Waals surface area contributed by atoms with Crippen molar-refractivity contribution in [3.8, 4) is 0 Å². The second-order valence-electron chi connectivity index (χ2n) is 11.6. The van der Waals surface area contributed by atoms with Crippen LogP contribution >= 0.6 is 0 Å². The van der Waals surface area contributed by atoms with Crippen molar-refractivity contribution in [1.82, 2.24) is 0 Å². The molecule has 0 heterocycles. The summed E-state index contributed by atoms with van der Waals surface area (Å²) >= 11 is 0. The van der Waals surface area contributed by atoms with Crippen LogP contribution in [0.4, 0.5) is 0 Å². The molecule has 0 aliphatic carbocycles. The molecule has 4 aromatic rings. The Hall–Kier alpha value is -4.34. The molecule has 2 atom stereocenters. The Morgan fingerprint density at radius 3 is 1.10 bits per heavy atom. The summed E-state index contributed by atoms with van der Waals surface area (Å²) in [5, 5.41) is 24.4. The van der Waals surface area contributed by atoms with E-state index in [2.05, 4.69) is 0 Å². The normalized spacial score (nSPS) is 13.6. The maximum absolute atomic E-state index is 13.8. The van der Waals surface area contributed by atoms with Crippen molar-refractivity contribution in [3.05, 3.63) is 144 Å². The summed E-state index contributed by atoms with van der Waals surface area (Å²) in [5.74, 6) is -2.29. The lowest BCUT2D eigenvalue weighted by atomic mass is 9.73. The zero-order chi connectivity index (χ0) is 33.9. The maximum atomic E-state index is 13.8. The molecule has 0 aliphatic rings.